The van der Waals surface area contributed by atoms with Crippen LogP contribution in [0.2, 0.25) is 0 Å². The summed E-state index contributed by atoms with van der Waals surface area (Å²) in [5, 5.41) is 11.3. The maximum absolute atomic E-state index is 11.3. The van der Waals surface area contributed by atoms with Gasteiger partial charge in [-0.25, -0.2) is 0 Å². The Morgan fingerprint density at radius 1 is 1.11 bits per heavy atom. The number of epoxide rings is 1. The molecule has 2 heterocycles. The molecule has 0 aromatic carbocycles. The molecule has 6 aliphatic rings. The zero-order valence-electron chi connectivity index (χ0n) is 16.5. The summed E-state index contributed by atoms with van der Waals surface area (Å²) in [6.07, 6.45) is 10.3. The third-order valence-electron chi connectivity index (χ3n) is 9.16. The lowest BCUT2D eigenvalue weighted by atomic mass is 9.53. The van der Waals surface area contributed by atoms with Gasteiger partial charge in [0.2, 0.25) is 0 Å². The molecule has 6 rings (SSSR count). The first-order chi connectivity index (χ1) is 12.9. The first kappa shape index (κ1) is 17.0. The predicted octanol–water partition coefficient (Wildman–Crippen LogP) is 3.33. The van der Waals surface area contributed by atoms with E-state index in [1.807, 2.05) is 6.92 Å². The van der Waals surface area contributed by atoms with Crippen LogP contribution in [0.1, 0.15) is 65.2 Å². The normalized spacial score (nSPS) is 54.1. The first-order valence-corrected chi connectivity index (χ1v) is 10.8. The van der Waals surface area contributed by atoms with Crippen molar-refractivity contribution in [1.82, 2.24) is 0 Å². The Hall–Kier alpha value is -0.860. The van der Waals surface area contributed by atoms with Gasteiger partial charge in [-0.2, -0.15) is 0 Å². The molecular weight excluding hydrogens is 340 g/mol. The van der Waals surface area contributed by atoms with E-state index < -0.39 is 5.60 Å². The minimum atomic E-state index is -0.840. The van der Waals surface area contributed by atoms with E-state index in [2.05, 4.69) is 24.8 Å². The molecule has 1 spiro atoms. The quantitative estimate of drug-likeness (QED) is 0.404. The van der Waals surface area contributed by atoms with Crippen LogP contribution in [0.4, 0.5) is 0 Å². The lowest BCUT2D eigenvalue weighted by Gasteiger charge is -2.51. The highest BCUT2D eigenvalue weighted by Crippen LogP contribution is 2.74. The van der Waals surface area contributed by atoms with Gasteiger partial charge in [0.15, 0.2) is 5.79 Å². The van der Waals surface area contributed by atoms with Crippen molar-refractivity contribution in [2.24, 2.45) is 17.3 Å². The summed E-state index contributed by atoms with van der Waals surface area (Å²) in [6.45, 7) is 5.54. The van der Waals surface area contributed by atoms with Gasteiger partial charge in [-0.05, 0) is 62.9 Å². The molecule has 0 bridgehead atoms. The first-order valence-electron chi connectivity index (χ1n) is 10.8. The van der Waals surface area contributed by atoms with Crippen LogP contribution >= 0.6 is 0 Å². The molecule has 0 amide bonds. The predicted molar refractivity (Wildman–Crippen MR) is 99.7 cm³/mol. The molecule has 1 N–H and O–H groups in total. The second-order valence-electron chi connectivity index (χ2n) is 10.0. The second-order valence-corrected chi connectivity index (χ2v) is 10.0. The monoisotopic (exact) mass is 370 g/mol. The van der Waals surface area contributed by atoms with E-state index in [1.165, 1.54) is 5.57 Å². The van der Waals surface area contributed by atoms with Crippen LogP contribution in [-0.4, -0.2) is 40.9 Å². The number of hydrogen-bond donors (Lipinski definition) is 1. The number of ether oxygens (including phenoxy) is 3. The van der Waals surface area contributed by atoms with Crippen molar-refractivity contribution in [1.29, 1.82) is 0 Å². The topological polar surface area (TPSA) is 51.2 Å². The SMILES string of the molecule is CC#C[C@@]1(O)CC[C@@H]2[C@@H]3CC[C@]45CC6(CC[C@]4(O5)C3=CC[C@@]21C)OCCO6. The summed E-state index contributed by atoms with van der Waals surface area (Å²) < 4.78 is 18.7. The largest absolute Gasteiger partial charge is 0.377 e. The van der Waals surface area contributed by atoms with Crippen molar-refractivity contribution in [3.8, 4) is 11.8 Å². The fraction of sp³-hybridized carbons (Fsp3) is 0.826. The maximum Gasteiger partial charge on any atom is 0.171 e. The molecule has 2 aliphatic heterocycles. The van der Waals surface area contributed by atoms with Crippen molar-refractivity contribution in [3.05, 3.63) is 11.6 Å². The minimum Gasteiger partial charge on any atom is -0.377 e. The molecule has 0 unspecified atom stereocenters. The molecule has 5 fully saturated rings. The van der Waals surface area contributed by atoms with Crippen LogP contribution in [0.15, 0.2) is 11.6 Å². The Morgan fingerprint density at radius 2 is 1.93 bits per heavy atom. The van der Waals surface area contributed by atoms with Gasteiger partial charge in [0, 0.05) is 18.3 Å². The van der Waals surface area contributed by atoms with Crippen LogP contribution in [0.3, 0.4) is 0 Å². The van der Waals surface area contributed by atoms with Gasteiger partial charge < -0.3 is 19.3 Å². The number of fused-ring (bicyclic) bond motifs is 3. The van der Waals surface area contributed by atoms with E-state index in [4.69, 9.17) is 14.2 Å². The molecule has 0 aromatic rings. The number of rotatable bonds is 0. The molecule has 4 nitrogen and oxygen atoms in total. The van der Waals surface area contributed by atoms with Crippen molar-refractivity contribution in [2.75, 3.05) is 13.2 Å². The summed E-state index contributed by atoms with van der Waals surface area (Å²) in [7, 11) is 0. The molecule has 6 atom stereocenters. The average molecular weight is 370 g/mol. The lowest BCUT2D eigenvalue weighted by Crippen LogP contribution is -2.53. The van der Waals surface area contributed by atoms with E-state index >= 15 is 0 Å². The summed E-state index contributed by atoms with van der Waals surface area (Å²) in [5.41, 5.74) is 0.424. The van der Waals surface area contributed by atoms with Crippen LogP contribution in [0.25, 0.3) is 0 Å². The van der Waals surface area contributed by atoms with Gasteiger partial charge in [-0.1, -0.05) is 18.9 Å². The van der Waals surface area contributed by atoms with Crippen LogP contribution in [0.5, 0.6) is 0 Å². The molecule has 3 saturated carbocycles. The van der Waals surface area contributed by atoms with Crippen molar-refractivity contribution >= 4 is 0 Å². The van der Waals surface area contributed by atoms with Crippen molar-refractivity contribution in [3.63, 3.8) is 0 Å². The summed E-state index contributed by atoms with van der Waals surface area (Å²) >= 11 is 0. The van der Waals surface area contributed by atoms with Crippen molar-refractivity contribution < 1.29 is 19.3 Å². The van der Waals surface area contributed by atoms with E-state index in [-0.39, 0.29) is 22.4 Å². The molecule has 4 heteroatoms. The highest BCUT2D eigenvalue weighted by Gasteiger charge is 2.79. The zero-order chi connectivity index (χ0) is 18.5. The summed E-state index contributed by atoms with van der Waals surface area (Å²) in [4.78, 5) is 0. The van der Waals surface area contributed by atoms with Crippen LogP contribution in [0, 0.1) is 29.1 Å². The Kier molecular flexibility index (Phi) is 3.15. The smallest absolute Gasteiger partial charge is 0.171 e. The van der Waals surface area contributed by atoms with E-state index in [9.17, 15) is 5.11 Å². The fourth-order valence-corrected chi connectivity index (χ4v) is 7.76. The van der Waals surface area contributed by atoms with Crippen molar-refractivity contribution in [2.45, 2.75) is 87.8 Å². The van der Waals surface area contributed by atoms with Crippen LogP contribution in [-0.2, 0) is 14.2 Å². The number of aliphatic hydroxyl groups is 1. The molecule has 4 aliphatic carbocycles. The Labute approximate surface area is 161 Å². The summed E-state index contributed by atoms with van der Waals surface area (Å²) in [6, 6.07) is 0. The van der Waals surface area contributed by atoms with Gasteiger partial charge in [0.25, 0.3) is 0 Å². The zero-order valence-corrected chi connectivity index (χ0v) is 16.5. The third kappa shape index (κ3) is 1.86. The lowest BCUT2D eigenvalue weighted by molar-refractivity contribution is -0.185. The van der Waals surface area contributed by atoms with Gasteiger partial charge >= 0.3 is 0 Å². The third-order valence-corrected chi connectivity index (χ3v) is 9.16. The van der Waals surface area contributed by atoms with Gasteiger partial charge in [0.05, 0.1) is 13.2 Å². The number of hydrogen-bond acceptors (Lipinski definition) is 4. The Bertz CT molecular complexity index is 786. The molecule has 0 radical (unpaired) electrons. The Balaban J connectivity index is 1.35. The Morgan fingerprint density at radius 3 is 2.70 bits per heavy atom. The average Bonchev–Trinajstić information content (AvgIpc) is 2.99. The van der Waals surface area contributed by atoms with Gasteiger partial charge in [0.1, 0.15) is 16.8 Å². The molecule has 146 valence electrons. The van der Waals surface area contributed by atoms with E-state index in [1.54, 1.807) is 0 Å². The minimum absolute atomic E-state index is 0.0657. The molecular formula is C23H30O4. The van der Waals surface area contributed by atoms with Gasteiger partial charge in [-0.15, -0.1) is 5.92 Å². The maximum atomic E-state index is 11.3. The number of allylic oxidation sites excluding steroid dienone is 1. The second kappa shape index (κ2) is 5.00. The molecule has 2 saturated heterocycles. The summed E-state index contributed by atoms with van der Waals surface area (Å²) in [5.74, 6) is 6.83. The highest BCUT2D eigenvalue weighted by atomic mass is 16.7. The molecule has 27 heavy (non-hydrogen) atoms. The van der Waals surface area contributed by atoms with Crippen LogP contribution < -0.4 is 0 Å². The highest BCUT2D eigenvalue weighted by molar-refractivity contribution is 5.44. The van der Waals surface area contributed by atoms with Gasteiger partial charge in [-0.3, -0.25) is 0 Å². The van der Waals surface area contributed by atoms with E-state index in [0.717, 1.165) is 51.4 Å². The standard InChI is InChI=1S/C23H30O4/c1-3-7-20(24)9-6-17-16-4-10-21-15-22(25-13-14-26-22)11-12-23(21,27-21)18(16)5-8-19(17,20)2/h5,16-17,24H,4,6,8-15H2,1-2H3/t16-,17+,19-,20+,21-,23-/m0/s1. The fourth-order valence-electron chi connectivity index (χ4n) is 7.76. The van der Waals surface area contributed by atoms with E-state index in [0.29, 0.717) is 25.0 Å². The molecule has 0 aromatic heterocycles.